The Labute approximate surface area is 186 Å². The minimum Gasteiger partial charge on any atom is -0.493 e. The molecule has 0 fully saturated rings. The van der Waals surface area contributed by atoms with E-state index in [0.29, 0.717) is 33.9 Å². The van der Waals surface area contributed by atoms with E-state index in [1.165, 1.54) is 51.8 Å². The quantitative estimate of drug-likeness (QED) is 0.465. The third-order valence-corrected chi connectivity index (χ3v) is 5.47. The summed E-state index contributed by atoms with van der Waals surface area (Å²) in [6, 6.07) is 8.75. The highest BCUT2D eigenvalue weighted by Gasteiger charge is 2.40. The van der Waals surface area contributed by atoms with Crippen molar-refractivity contribution >= 4 is 28.5 Å². The second-order valence-electron chi connectivity index (χ2n) is 7.18. The van der Waals surface area contributed by atoms with Crippen molar-refractivity contribution in [3.63, 3.8) is 0 Å². The van der Waals surface area contributed by atoms with Gasteiger partial charge in [0.2, 0.25) is 5.75 Å². The number of aromatic nitrogens is 3. The van der Waals surface area contributed by atoms with E-state index in [4.69, 9.17) is 14.2 Å². The molecular weight excluding hydrogens is 431 g/mol. The number of pyridine rings is 1. The first-order chi connectivity index (χ1) is 16.0. The fraction of sp³-hybridized carbons (Fsp3) is 0.130. The first-order valence-electron chi connectivity index (χ1n) is 9.80. The number of hydrogen-bond donors (Lipinski definition) is 1. The lowest BCUT2D eigenvalue weighted by Gasteiger charge is -2.18. The zero-order valence-electron chi connectivity index (χ0n) is 17.8. The number of benzene rings is 2. The molecule has 3 heterocycles. The summed E-state index contributed by atoms with van der Waals surface area (Å²) >= 11 is 0. The van der Waals surface area contributed by atoms with Crippen LogP contribution < -0.4 is 19.1 Å². The van der Waals surface area contributed by atoms with Crippen LogP contribution in [0.25, 0.3) is 22.3 Å². The van der Waals surface area contributed by atoms with Crippen molar-refractivity contribution in [3.8, 4) is 28.5 Å². The first-order valence-corrected chi connectivity index (χ1v) is 9.80. The van der Waals surface area contributed by atoms with Crippen LogP contribution in [0.1, 0.15) is 20.7 Å². The van der Waals surface area contributed by atoms with Crippen molar-refractivity contribution in [2.75, 3.05) is 26.2 Å². The van der Waals surface area contributed by atoms with E-state index >= 15 is 0 Å². The molecule has 0 unspecified atom stereocenters. The molecule has 0 aliphatic carbocycles. The van der Waals surface area contributed by atoms with E-state index < -0.39 is 17.6 Å². The van der Waals surface area contributed by atoms with Crippen LogP contribution in [-0.4, -0.2) is 48.3 Å². The summed E-state index contributed by atoms with van der Waals surface area (Å²) < 4.78 is 29.5. The van der Waals surface area contributed by atoms with E-state index in [1.54, 1.807) is 12.1 Å². The summed E-state index contributed by atoms with van der Waals surface area (Å²) in [6.07, 6.45) is 1.32. The van der Waals surface area contributed by atoms with Gasteiger partial charge < -0.3 is 14.2 Å². The third kappa shape index (κ3) is 2.99. The Bertz CT molecular complexity index is 1410. The molecule has 166 valence electrons. The molecule has 0 spiro atoms. The van der Waals surface area contributed by atoms with Crippen LogP contribution in [-0.2, 0) is 0 Å². The number of imide groups is 1. The molecule has 10 heteroatoms. The predicted molar refractivity (Wildman–Crippen MR) is 117 cm³/mol. The van der Waals surface area contributed by atoms with Crippen molar-refractivity contribution in [2.45, 2.75) is 0 Å². The molecular formula is C23H17FN4O5. The van der Waals surface area contributed by atoms with Gasteiger partial charge in [0.15, 0.2) is 17.1 Å². The molecule has 2 aromatic heterocycles. The summed E-state index contributed by atoms with van der Waals surface area (Å²) in [5, 5.41) is 7.39. The Morgan fingerprint density at radius 1 is 0.939 bits per heavy atom. The second-order valence-corrected chi connectivity index (χ2v) is 7.18. The molecule has 0 atom stereocenters. The Morgan fingerprint density at radius 3 is 2.21 bits per heavy atom. The van der Waals surface area contributed by atoms with Crippen LogP contribution in [0.4, 0.5) is 10.1 Å². The third-order valence-electron chi connectivity index (χ3n) is 5.47. The van der Waals surface area contributed by atoms with Gasteiger partial charge in [-0.2, -0.15) is 5.10 Å². The molecule has 2 aromatic carbocycles. The summed E-state index contributed by atoms with van der Waals surface area (Å²) in [7, 11) is 4.34. The summed E-state index contributed by atoms with van der Waals surface area (Å²) in [5.41, 5.74) is 1.86. The number of aromatic amines is 1. The van der Waals surface area contributed by atoms with E-state index in [1.807, 2.05) is 0 Å². The number of rotatable bonds is 5. The lowest BCUT2D eigenvalue weighted by Crippen LogP contribution is -2.29. The van der Waals surface area contributed by atoms with Gasteiger partial charge in [-0.1, -0.05) is 0 Å². The summed E-state index contributed by atoms with van der Waals surface area (Å²) in [6.45, 7) is 0. The topological polar surface area (TPSA) is 107 Å². The number of nitrogens with zero attached hydrogens (tertiary/aromatic N) is 3. The lowest BCUT2D eigenvalue weighted by molar-refractivity contribution is 0.0926. The smallest absolute Gasteiger partial charge is 0.267 e. The maximum Gasteiger partial charge on any atom is 0.267 e. The van der Waals surface area contributed by atoms with E-state index in [9.17, 15) is 14.0 Å². The minimum absolute atomic E-state index is 0.131. The molecule has 0 saturated carbocycles. The molecule has 0 radical (unpaired) electrons. The van der Waals surface area contributed by atoms with Gasteiger partial charge in [-0.3, -0.25) is 14.7 Å². The number of nitrogens with one attached hydrogen (secondary N) is 1. The van der Waals surface area contributed by atoms with Crippen molar-refractivity contribution < 1.29 is 28.2 Å². The van der Waals surface area contributed by atoms with Gasteiger partial charge in [0.05, 0.1) is 49.2 Å². The van der Waals surface area contributed by atoms with Crippen molar-refractivity contribution in [1.82, 2.24) is 15.2 Å². The van der Waals surface area contributed by atoms with E-state index in [2.05, 4.69) is 15.2 Å². The SMILES string of the molecule is COc1cc(N2C(=O)c3cnc4n[nH]c(-c5ccc(F)cc5)c4c3C2=O)cc(OC)c1OC. The normalized spacial score (nSPS) is 12.9. The standard InChI is InChI=1S/C23H17FN4O5/c1-31-15-8-13(9-16(32-2)20(15)33-3)28-22(29)14-10-25-21-18(17(14)23(28)30)19(26-27-21)11-4-6-12(24)7-5-11/h4-10H,1-3H3,(H,25,26,27). The number of amides is 2. The number of halogens is 1. The number of fused-ring (bicyclic) bond motifs is 3. The Hall–Kier alpha value is -4.47. The average molecular weight is 448 g/mol. The van der Waals surface area contributed by atoms with Crippen LogP contribution in [0.2, 0.25) is 0 Å². The molecule has 4 aromatic rings. The van der Waals surface area contributed by atoms with Gasteiger partial charge in [0, 0.05) is 23.9 Å². The number of anilines is 1. The van der Waals surface area contributed by atoms with Crippen LogP contribution in [0.3, 0.4) is 0 Å². The number of ether oxygens (including phenoxy) is 3. The molecule has 0 bridgehead atoms. The van der Waals surface area contributed by atoms with Crippen LogP contribution in [0.15, 0.2) is 42.6 Å². The fourth-order valence-electron chi connectivity index (χ4n) is 3.95. The monoisotopic (exact) mass is 448 g/mol. The number of carbonyl (C=O) groups excluding carboxylic acids is 2. The zero-order chi connectivity index (χ0) is 23.3. The lowest BCUT2D eigenvalue weighted by atomic mass is 10.0. The van der Waals surface area contributed by atoms with E-state index in [0.717, 1.165) is 4.90 Å². The highest BCUT2D eigenvalue weighted by atomic mass is 19.1. The predicted octanol–water partition coefficient (Wildman–Crippen LogP) is 3.59. The van der Waals surface area contributed by atoms with Gasteiger partial charge >= 0.3 is 0 Å². The molecule has 33 heavy (non-hydrogen) atoms. The molecule has 5 rings (SSSR count). The van der Waals surface area contributed by atoms with Crippen LogP contribution in [0.5, 0.6) is 17.2 Å². The number of methoxy groups -OCH3 is 3. The highest BCUT2D eigenvalue weighted by Crippen LogP contribution is 2.43. The van der Waals surface area contributed by atoms with Gasteiger partial charge in [0.1, 0.15) is 5.82 Å². The van der Waals surface area contributed by atoms with Gasteiger partial charge in [0.25, 0.3) is 11.8 Å². The minimum atomic E-state index is -0.554. The van der Waals surface area contributed by atoms with Gasteiger partial charge in [-0.25, -0.2) is 14.3 Å². The van der Waals surface area contributed by atoms with Crippen molar-refractivity contribution in [3.05, 3.63) is 59.5 Å². The fourth-order valence-corrected chi connectivity index (χ4v) is 3.95. The number of carbonyl (C=O) groups is 2. The maximum absolute atomic E-state index is 13.6. The maximum atomic E-state index is 13.6. The molecule has 1 aliphatic heterocycles. The largest absolute Gasteiger partial charge is 0.493 e. The van der Waals surface area contributed by atoms with Crippen LogP contribution >= 0.6 is 0 Å². The highest BCUT2D eigenvalue weighted by molar-refractivity contribution is 6.38. The van der Waals surface area contributed by atoms with Crippen LogP contribution in [0, 0.1) is 5.82 Å². The Morgan fingerprint density at radius 2 is 1.61 bits per heavy atom. The average Bonchev–Trinajstić information content (AvgIpc) is 3.37. The van der Waals surface area contributed by atoms with E-state index in [-0.39, 0.29) is 22.5 Å². The molecule has 9 nitrogen and oxygen atoms in total. The summed E-state index contributed by atoms with van der Waals surface area (Å²) in [5.74, 6) is -0.584. The molecule has 2 amide bonds. The molecule has 1 aliphatic rings. The molecule has 0 saturated heterocycles. The Kier molecular flexibility index (Phi) is 4.70. The second kappa shape index (κ2) is 7.59. The molecule has 1 N–H and O–H groups in total. The Balaban J connectivity index is 1.69. The number of hydrogen-bond acceptors (Lipinski definition) is 7. The van der Waals surface area contributed by atoms with Crippen molar-refractivity contribution in [1.29, 1.82) is 0 Å². The summed E-state index contributed by atoms with van der Waals surface area (Å²) in [4.78, 5) is 32.1. The first kappa shape index (κ1) is 20.4. The van der Waals surface area contributed by atoms with Gasteiger partial charge in [-0.05, 0) is 24.3 Å². The zero-order valence-corrected chi connectivity index (χ0v) is 17.8. The van der Waals surface area contributed by atoms with Crippen molar-refractivity contribution in [2.24, 2.45) is 0 Å². The van der Waals surface area contributed by atoms with Gasteiger partial charge in [-0.15, -0.1) is 0 Å². The number of H-pyrrole nitrogens is 1.